The lowest BCUT2D eigenvalue weighted by Gasteiger charge is -2.16. The number of nitrogen functional groups attached to an aromatic ring is 1. The third-order valence-corrected chi connectivity index (χ3v) is 3.36. The van der Waals surface area contributed by atoms with Gasteiger partial charge in [-0.1, -0.05) is 0 Å². The third-order valence-electron chi connectivity index (χ3n) is 3.36. The number of aromatic nitrogens is 4. The zero-order chi connectivity index (χ0) is 12.9. The van der Waals surface area contributed by atoms with Crippen molar-refractivity contribution in [3.63, 3.8) is 0 Å². The van der Waals surface area contributed by atoms with Gasteiger partial charge in [-0.05, 0) is 0 Å². The molecule has 0 saturated heterocycles. The number of rotatable bonds is 1. The smallest absolute Gasteiger partial charge is 0.163 e. The molecular weight excluding hydrogens is 238 g/mol. The summed E-state index contributed by atoms with van der Waals surface area (Å²) < 4.78 is 1.47. The van der Waals surface area contributed by atoms with Gasteiger partial charge >= 0.3 is 0 Å². The summed E-state index contributed by atoms with van der Waals surface area (Å²) in [6, 6.07) is -0.526. The summed E-state index contributed by atoms with van der Waals surface area (Å²) in [5, 5.41) is 33.7. The number of fused-ring (bicyclic) bond motifs is 1. The number of nitrogens with two attached hydrogens (primary N) is 1. The van der Waals surface area contributed by atoms with Crippen LogP contribution in [0, 0.1) is 0 Å². The Hall–Kier alpha value is -1.77. The lowest BCUT2D eigenvalue weighted by Crippen LogP contribution is -2.31. The Morgan fingerprint density at radius 3 is 2.67 bits per heavy atom. The van der Waals surface area contributed by atoms with Gasteiger partial charge in [-0.15, -0.1) is 0 Å². The molecule has 2 heterocycles. The van der Waals surface area contributed by atoms with Gasteiger partial charge in [-0.3, -0.25) is 0 Å². The highest BCUT2D eigenvalue weighted by Gasteiger charge is 2.42. The van der Waals surface area contributed by atoms with Gasteiger partial charge in [0.05, 0.1) is 23.7 Å². The SMILES string of the molecule is Nc1ncnc2c1cnn2C1CC(O)C(O)C1O. The fourth-order valence-corrected chi connectivity index (χ4v) is 2.35. The molecule has 1 saturated carbocycles. The van der Waals surface area contributed by atoms with Crippen molar-refractivity contribution in [2.75, 3.05) is 5.73 Å². The predicted octanol–water partition coefficient (Wildman–Crippen LogP) is -1.56. The largest absolute Gasteiger partial charge is 0.390 e. The zero-order valence-electron chi connectivity index (χ0n) is 9.38. The van der Waals surface area contributed by atoms with Gasteiger partial charge < -0.3 is 21.1 Å². The van der Waals surface area contributed by atoms with Crippen molar-refractivity contribution in [2.45, 2.75) is 30.8 Å². The van der Waals surface area contributed by atoms with Crippen molar-refractivity contribution in [1.82, 2.24) is 19.7 Å². The summed E-state index contributed by atoms with van der Waals surface area (Å²) in [5.74, 6) is 0.305. The molecule has 4 atom stereocenters. The van der Waals surface area contributed by atoms with E-state index in [2.05, 4.69) is 15.1 Å². The van der Waals surface area contributed by atoms with E-state index in [1.165, 1.54) is 17.2 Å². The van der Waals surface area contributed by atoms with E-state index in [0.29, 0.717) is 16.9 Å². The highest BCUT2D eigenvalue weighted by atomic mass is 16.4. The molecule has 0 aliphatic heterocycles. The van der Waals surface area contributed by atoms with E-state index in [4.69, 9.17) is 5.73 Å². The number of nitrogens with zero attached hydrogens (tertiary/aromatic N) is 4. The molecule has 0 spiro atoms. The molecule has 0 aromatic carbocycles. The molecular formula is C10H13N5O3. The van der Waals surface area contributed by atoms with Crippen molar-refractivity contribution >= 4 is 16.9 Å². The number of aliphatic hydroxyl groups excluding tert-OH is 3. The van der Waals surface area contributed by atoms with Crippen LogP contribution in [0.5, 0.6) is 0 Å². The maximum atomic E-state index is 9.88. The van der Waals surface area contributed by atoms with E-state index in [1.54, 1.807) is 0 Å². The topological polar surface area (TPSA) is 130 Å². The number of hydrogen-bond donors (Lipinski definition) is 4. The van der Waals surface area contributed by atoms with Gasteiger partial charge in [-0.25, -0.2) is 14.6 Å². The van der Waals surface area contributed by atoms with E-state index in [9.17, 15) is 15.3 Å². The van der Waals surface area contributed by atoms with Gasteiger partial charge in [0.15, 0.2) is 5.65 Å². The van der Waals surface area contributed by atoms with Crippen LogP contribution in [0.2, 0.25) is 0 Å². The van der Waals surface area contributed by atoms with Crippen LogP contribution in [0.1, 0.15) is 12.5 Å². The molecule has 1 aliphatic rings. The van der Waals surface area contributed by atoms with Crippen LogP contribution in [0.4, 0.5) is 5.82 Å². The third kappa shape index (κ3) is 1.47. The summed E-state index contributed by atoms with van der Waals surface area (Å²) >= 11 is 0. The number of anilines is 1. The molecule has 1 aliphatic carbocycles. The van der Waals surface area contributed by atoms with Crippen LogP contribution in [-0.2, 0) is 0 Å². The fourth-order valence-electron chi connectivity index (χ4n) is 2.35. The minimum Gasteiger partial charge on any atom is -0.390 e. The van der Waals surface area contributed by atoms with E-state index in [0.717, 1.165) is 0 Å². The lowest BCUT2D eigenvalue weighted by atomic mass is 10.2. The lowest BCUT2D eigenvalue weighted by molar-refractivity contribution is -0.0252. The molecule has 2 aromatic heterocycles. The molecule has 1 fully saturated rings. The molecule has 4 unspecified atom stereocenters. The monoisotopic (exact) mass is 251 g/mol. The minimum atomic E-state index is -1.17. The Labute approximate surface area is 102 Å². The highest BCUT2D eigenvalue weighted by molar-refractivity contribution is 5.84. The Balaban J connectivity index is 2.08. The molecule has 2 aromatic rings. The summed E-state index contributed by atoms with van der Waals surface area (Å²) in [5.41, 5.74) is 6.17. The van der Waals surface area contributed by atoms with Crippen LogP contribution in [0.3, 0.4) is 0 Å². The maximum Gasteiger partial charge on any atom is 0.163 e. The van der Waals surface area contributed by atoms with Gasteiger partial charge in [0.1, 0.15) is 24.4 Å². The van der Waals surface area contributed by atoms with Gasteiger partial charge in [0.2, 0.25) is 0 Å². The maximum absolute atomic E-state index is 9.88. The first-order valence-electron chi connectivity index (χ1n) is 5.57. The molecule has 18 heavy (non-hydrogen) atoms. The second-order valence-corrected chi connectivity index (χ2v) is 4.44. The molecule has 0 bridgehead atoms. The average molecular weight is 251 g/mol. The Bertz CT molecular complexity index is 586. The van der Waals surface area contributed by atoms with Crippen LogP contribution in [0.15, 0.2) is 12.5 Å². The second-order valence-electron chi connectivity index (χ2n) is 4.44. The van der Waals surface area contributed by atoms with E-state index >= 15 is 0 Å². The second kappa shape index (κ2) is 3.87. The Morgan fingerprint density at radius 1 is 1.22 bits per heavy atom. The van der Waals surface area contributed by atoms with Gasteiger partial charge in [0.25, 0.3) is 0 Å². The first-order chi connectivity index (χ1) is 8.59. The van der Waals surface area contributed by atoms with E-state index in [1.807, 2.05) is 0 Å². The predicted molar refractivity (Wildman–Crippen MR) is 61.4 cm³/mol. The molecule has 8 nitrogen and oxygen atoms in total. The fraction of sp³-hybridized carbons (Fsp3) is 0.500. The normalized spacial score (nSPS) is 32.2. The molecule has 5 N–H and O–H groups in total. The first-order valence-corrected chi connectivity index (χ1v) is 5.57. The van der Waals surface area contributed by atoms with Crippen LogP contribution >= 0.6 is 0 Å². The van der Waals surface area contributed by atoms with Crippen LogP contribution in [0.25, 0.3) is 11.0 Å². The molecule has 8 heteroatoms. The van der Waals surface area contributed by atoms with Crippen molar-refractivity contribution in [3.05, 3.63) is 12.5 Å². The number of hydrogen-bond acceptors (Lipinski definition) is 7. The molecule has 3 rings (SSSR count). The Kier molecular flexibility index (Phi) is 2.44. The van der Waals surface area contributed by atoms with Crippen molar-refractivity contribution in [2.24, 2.45) is 0 Å². The zero-order valence-corrected chi connectivity index (χ0v) is 9.38. The van der Waals surface area contributed by atoms with E-state index < -0.39 is 24.4 Å². The quantitative estimate of drug-likeness (QED) is 0.482. The summed E-state index contributed by atoms with van der Waals surface area (Å²) in [6.45, 7) is 0. The summed E-state index contributed by atoms with van der Waals surface area (Å²) in [4.78, 5) is 7.91. The standard InChI is InChI=1S/C10H13N5O3/c11-9-4-2-14-15(10(4)13-3-12-9)5-1-6(16)8(18)7(5)17/h2-3,5-8,16-18H,1H2,(H2,11,12,13). The van der Waals surface area contributed by atoms with E-state index in [-0.39, 0.29) is 6.42 Å². The first kappa shape index (κ1) is 11.3. The van der Waals surface area contributed by atoms with Crippen molar-refractivity contribution in [1.29, 1.82) is 0 Å². The van der Waals surface area contributed by atoms with Crippen LogP contribution in [-0.4, -0.2) is 53.4 Å². The van der Waals surface area contributed by atoms with Crippen molar-refractivity contribution < 1.29 is 15.3 Å². The van der Waals surface area contributed by atoms with Crippen molar-refractivity contribution in [3.8, 4) is 0 Å². The average Bonchev–Trinajstić information content (AvgIpc) is 2.88. The van der Waals surface area contributed by atoms with Gasteiger partial charge in [0, 0.05) is 6.42 Å². The number of aliphatic hydroxyl groups is 3. The Morgan fingerprint density at radius 2 is 2.00 bits per heavy atom. The molecule has 0 radical (unpaired) electrons. The highest BCUT2D eigenvalue weighted by Crippen LogP contribution is 2.32. The summed E-state index contributed by atoms with van der Waals surface area (Å²) in [6.07, 6.45) is -0.196. The molecule has 96 valence electrons. The van der Waals surface area contributed by atoms with Gasteiger partial charge in [-0.2, -0.15) is 5.10 Å². The molecule has 0 amide bonds. The minimum absolute atomic E-state index is 0.211. The van der Waals surface area contributed by atoms with Crippen LogP contribution < -0.4 is 5.73 Å². The summed E-state index contributed by atoms with van der Waals surface area (Å²) in [7, 11) is 0.